The zero-order chi connectivity index (χ0) is 17.4. The lowest BCUT2D eigenvalue weighted by Gasteiger charge is -2.40. The molecule has 1 fully saturated rings. The Morgan fingerprint density at radius 1 is 1.36 bits per heavy atom. The molecular formula is C19H22N2O3S. The number of benzene rings is 1. The van der Waals surface area contributed by atoms with Crippen molar-refractivity contribution in [2.24, 2.45) is 5.41 Å². The zero-order valence-corrected chi connectivity index (χ0v) is 15.4. The van der Waals surface area contributed by atoms with Crippen molar-refractivity contribution in [2.75, 3.05) is 19.9 Å². The van der Waals surface area contributed by atoms with E-state index >= 15 is 0 Å². The van der Waals surface area contributed by atoms with E-state index in [1.54, 1.807) is 5.51 Å². The summed E-state index contributed by atoms with van der Waals surface area (Å²) in [5, 5.41) is 0. The molecule has 0 saturated carbocycles. The molecule has 0 unspecified atom stereocenters. The third kappa shape index (κ3) is 3.23. The second-order valence-corrected chi connectivity index (χ2v) is 8.13. The molecule has 2 aromatic rings. The molecule has 1 amide bonds. The quantitative estimate of drug-likeness (QED) is 0.840. The highest BCUT2D eigenvalue weighted by Crippen LogP contribution is 2.38. The van der Waals surface area contributed by atoms with Crippen LogP contribution >= 0.6 is 11.3 Å². The first kappa shape index (κ1) is 16.4. The number of aromatic nitrogens is 1. The van der Waals surface area contributed by atoms with E-state index in [1.807, 2.05) is 17.9 Å². The van der Waals surface area contributed by atoms with Crippen LogP contribution in [0.2, 0.25) is 0 Å². The van der Waals surface area contributed by atoms with E-state index in [1.165, 1.54) is 16.9 Å². The molecule has 0 bridgehead atoms. The number of hydrogen-bond donors (Lipinski definition) is 0. The average Bonchev–Trinajstić information content (AvgIpc) is 3.22. The maximum atomic E-state index is 12.8. The third-order valence-electron chi connectivity index (χ3n) is 5.08. The minimum atomic E-state index is 0.0696. The van der Waals surface area contributed by atoms with Crippen molar-refractivity contribution in [2.45, 2.75) is 33.1 Å². The lowest BCUT2D eigenvalue weighted by molar-refractivity contribution is 0.0554. The number of thiazole rings is 1. The molecule has 1 atom stereocenters. The van der Waals surface area contributed by atoms with Gasteiger partial charge in [-0.05, 0) is 49.3 Å². The van der Waals surface area contributed by atoms with Gasteiger partial charge in [0.15, 0.2) is 11.5 Å². The van der Waals surface area contributed by atoms with Crippen LogP contribution in [0.3, 0.4) is 0 Å². The van der Waals surface area contributed by atoms with Crippen LogP contribution in [0, 0.1) is 12.3 Å². The van der Waals surface area contributed by atoms with Crippen LogP contribution in [-0.2, 0) is 6.42 Å². The van der Waals surface area contributed by atoms with E-state index in [0.717, 1.165) is 54.4 Å². The normalized spacial score (nSPS) is 22.2. The number of aryl methyl sites for hydroxylation is 1. The van der Waals surface area contributed by atoms with E-state index in [0.29, 0.717) is 6.79 Å². The molecule has 3 heterocycles. The third-order valence-corrected chi connectivity index (χ3v) is 5.99. The number of rotatable bonds is 3. The van der Waals surface area contributed by atoms with Crippen LogP contribution in [0.5, 0.6) is 11.5 Å². The van der Waals surface area contributed by atoms with Crippen molar-refractivity contribution in [3.8, 4) is 11.5 Å². The molecule has 0 spiro atoms. The Kier molecular flexibility index (Phi) is 4.15. The lowest BCUT2D eigenvalue weighted by atomic mass is 9.77. The fourth-order valence-electron chi connectivity index (χ4n) is 3.83. The van der Waals surface area contributed by atoms with Crippen LogP contribution in [-0.4, -0.2) is 35.7 Å². The number of fused-ring (bicyclic) bond motifs is 1. The first-order valence-corrected chi connectivity index (χ1v) is 9.50. The predicted octanol–water partition coefficient (Wildman–Crippen LogP) is 3.67. The number of amides is 1. The van der Waals surface area contributed by atoms with Gasteiger partial charge in [0.1, 0.15) is 4.88 Å². The molecule has 0 N–H and O–H groups in total. The molecule has 2 aliphatic rings. The second kappa shape index (κ2) is 6.33. The van der Waals surface area contributed by atoms with E-state index in [4.69, 9.17) is 9.47 Å². The van der Waals surface area contributed by atoms with Crippen LogP contribution in [0.15, 0.2) is 23.7 Å². The Labute approximate surface area is 151 Å². The maximum absolute atomic E-state index is 12.8. The number of hydrogen-bond acceptors (Lipinski definition) is 5. The smallest absolute Gasteiger partial charge is 0.265 e. The van der Waals surface area contributed by atoms with E-state index in [9.17, 15) is 4.79 Å². The van der Waals surface area contributed by atoms with E-state index < -0.39 is 0 Å². The molecule has 1 aromatic heterocycles. The van der Waals surface area contributed by atoms with Crippen LogP contribution in [0.1, 0.15) is 40.7 Å². The van der Waals surface area contributed by atoms with Gasteiger partial charge in [0, 0.05) is 13.1 Å². The first-order chi connectivity index (χ1) is 12.0. The summed E-state index contributed by atoms with van der Waals surface area (Å²) in [6.45, 7) is 6.08. The largest absolute Gasteiger partial charge is 0.454 e. The number of piperidine rings is 1. The molecule has 25 heavy (non-hydrogen) atoms. The first-order valence-electron chi connectivity index (χ1n) is 8.62. The van der Waals surface area contributed by atoms with Crippen molar-refractivity contribution in [1.82, 2.24) is 9.88 Å². The monoisotopic (exact) mass is 358 g/mol. The van der Waals surface area contributed by atoms with Crippen molar-refractivity contribution in [1.29, 1.82) is 0 Å². The maximum Gasteiger partial charge on any atom is 0.265 e. The van der Waals surface area contributed by atoms with Gasteiger partial charge in [-0.1, -0.05) is 13.0 Å². The SMILES string of the molecule is Cc1ncsc1C(=O)N1CCC[C@@](C)(Cc2ccc3c(c2)OCO3)C1. The molecule has 0 aliphatic carbocycles. The van der Waals surface area contributed by atoms with E-state index in [2.05, 4.69) is 24.0 Å². The molecule has 2 aliphatic heterocycles. The molecular weight excluding hydrogens is 336 g/mol. The van der Waals surface area contributed by atoms with Gasteiger partial charge < -0.3 is 14.4 Å². The van der Waals surface area contributed by atoms with Crippen molar-refractivity contribution in [3.05, 3.63) is 39.8 Å². The van der Waals surface area contributed by atoms with Gasteiger partial charge in [-0.3, -0.25) is 4.79 Å². The fraction of sp³-hybridized carbons (Fsp3) is 0.474. The Bertz CT molecular complexity index is 804. The van der Waals surface area contributed by atoms with Crippen LogP contribution in [0.25, 0.3) is 0 Å². The molecule has 5 nitrogen and oxygen atoms in total. The molecule has 6 heteroatoms. The Morgan fingerprint density at radius 2 is 2.20 bits per heavy atom. The van der Waals surface area contributed by atoms with Gasteiger partial charge in [-0.25, -0.2) is 4.98 Å². The lowest BCUT2D eigenvalue weighted by Crippen LogP contribution is -2.45. The van der Waals surface area contributed by atoms with Gasteiger partial charge in [0.2, 0.25) is 6.79 Å². The molecule has 1 aromatic carbocycles. The van der Waals surface area contributed by atoms with Crippen LogP contribution in [0.4, 0.5) is 0 Å². The highest BCUT2D eigenvalue weighted by molar-refractivity contribution is 7.11. The number of carbonyl (C=O) groups excluding carboxylic acids is 1. The summed E-state index contributed by atoms with van der Waals surface area (Å²) in [6, 6.07) is 6.15. The summed E-state index contributed by atoms with van der Waals surface area (Å²) in [4.78, 5) is 19.8. The topological polar surface area (TPSA) is 51.7 Å². The molecule has 132 valence electrons. The molecule has 0 radical (unpaired) electrons. The number of likely N-dealkylation sites (tertiary alicyclic amines) is 1. The Hall–Kier alpha value is -2.08. The summed E-state index contributed by atoms with van der Waals surface area (Å²) in [5.74, 6) is 1.76. The summed E-state index contributed by atoms with van der Waals surface area (Å²) in [5.41, 5.74) is 3.88. The van der Waals surface area contributed by atoms with Crippen LogP contribution < -0.4 is 9.47 Å². The highest BCUT2D eigenvalue weighted by Gasteiger charge is 2.34. The predicted molar refractivity (Wildman–Crippen MR) is 96.4 cm³/mol. The Balaban J connectivity index is 1.49. The fourth-order valence-corrected chi connectivity index (χ4v) is 4.60. The van der Waals surface area contributed by atoms with Gasteiger partial charge >= 0.3 is 0 Å². The van der Waals surface area contributed by atoms with Gasteiger partial charge in [-0.15, -0.1) is 11.3 Å². The van der Waals surface area contributed by atoms with Crippen molar-refractivity contribution < 1.29 is 14.3 Å². The average molecular weight is 358 g/mol. The van der Waals surface area contributed by atoms with Gasteiger partial charge in [-0.2, -0.15) is 0 Å². The summed E-state index contributed by atoms with van der Waals surface area (Å²) in [6.07, 6.45) is 3.08. The minimum Gasteiger partial charge on any atom is -0.454 e. The van der Waals surface area contributed by atoms with Gasteiger partial charge in [0.05, 0.1) is 11.2 Å². The number of ether oxygens (including phenoxy) is 2. The number of nitrogens with zero attached hydrogens (tertiary/aromatic N) is 2. The summed E-state index contributed by atoms with van der Waals surface area (Å²) >= 11 is 1.44. The highest BCUT2D eigenvalue weighted by atomic mass is 32.1. The second-order valence-electron chi connectivity index (χ2n) is 7.27. The van der Waals surface area contributed by atoms with Gasteiger partial charge in [0.25, 0.3) is 5.91 Å². The summed E-state index contributed by atoms with van der Waals surface area (Å²) < 4.78 is 10.9. The Morgan fingerprint density at radius 3 is 3.00 bits per heavy atom. The molecule has 4 rings (SSSR count). The molecule has 1 saturated heterocycles. The van der Waals surface area contributed by atoms with Crippen molar-refractivity contribution in [3.63, 3.8) is 0 Å². The minimum absolute atomic E-state index is 0.0696. The zero-order valence-electron chi connectivity index (χ0n) is 14.6. The number of carbonyl (C=O) groups is 1. The van der Waals surface area contributed by atoms with E-state index in [-0.39, 0.29) is 11.3 Å². The summed E-state index contributed by atoms with van der Waals surface area (Å²) in [7, 11) is 0. The standard InChI is InChI=1S/C19H22N2O3S/c1-13-17(25-11-20-13)18(22)21-7-3-6-19(2,10-21)9-14-4-5-15-16(8-14)24-12-23-15/h4-5,8,11H,3,6-7,9-10,12H2,1-2H3/t19-/m0/s1. The van der Waals surface area contributed by atoms with Crippen molar-refractivity contribution >= 4 is 17.2 Å².